The second-order valence-corrected chi connectivity index (χ2v) is 8.24. The molecule has 1 saturated carbocycles. The monoisotopic (exact) mass is 427 g/mol. The molecule has 31 heavy (non-hydrogen) atoms. The number of likely N-dealkylation sites (N-methyl/N-ethyl adjacent to an activating group) is 1. The Labute approximate surface area is 184 Å². The SMILES string of the molecule is COc1cc([C@H](CC2CC2)C(=O)N(C)[C@@H](C)[C@@H](O)c2ccccc2)cc(OC)c1OC. The van der Waals surface area contributed by atoms with Crippen molar-refractivity contribution in [3.63, 3.8) is 0 Å². The van der Waals surface area contributed by atoms with Gasteiger partial charge in [0, 0.05) is 7.05 Å². The van der Waals surface area contributed by atoms with Crippen molar-refractivity contribution in [1.29, 1.82) is 0 Å². The van der Waals surface area contributed by atoms with E-state index < -0.39 is 6.10 Å². The van der Waals surface area contributed by atoms with Gasteiger partial charge in [-0.1, -0.05) is 43.2 Å². The van der Waals surface area contributed by atoms with E-state index in [1.165, 1.54) is 0 Å². The first-order chi connectivity index (χ1) is 14.9. The molecule has 1 aliphatic carbocycles. The molecule has 1 fully saturated rings. The highest BCUT2D eigenvalue weighted by Crippen LogP contribution is 2.44. The van der Waals surface area contributed by atoms with E-state index in [9.17, 15) is 9.90 Å². The van der Waals surface area contributed by atoms with Gasteiger partial charge < -0.3 is 24.2 Å². The highest BCUT2D eigenvalue weighted by atomic mass is 16.5. The lowest BCUT2D eigenvalue weighted by Crippen LogP contribution is -2.41. The highest BCUT2D eigenvalue weighted by Gasteiger charge is 2.35. The number of carbonyl (C=O) groups is 1. The van der Waals surface area contributed by atoms with Gasteiger partial charge in [0.15, 0.2) is 11.5 Å². The number of rotatable bonds is 10. The summed E-state index contributed by atoms with van der Waals surface area (Å²) >= 11 is 0. The molecule has 0 bridgehead atoms. The van der Waals surface area contributed by atoms with Crippen molar-refractivity contribution < 1.29 is 24.1 Å². The molecule has 0 spiro atoms. The van der Waals surface area contributed by atoms with Gasteiger partial charge in [-0.25, -0.2) is 0 Å². The van der Waals surface area contributed by atoms with Gasteiger partial charge >= 0.3 is 0 Å². The molecule has 0 aromatic heterocycles. The van der Waals surface area contributed by atoms with E-state index in [4.69, 9.17) is 14.2 Å². The summed E-state index contributed by atoms with van der Waals surface area (Å²) < 4.78 is 16.4. The van der Waals surface area contributed by atoms with Crippen molar-refractivity contribution in [3.8, 4) is 17.2 Å². The van der Waals surface area contributed by atoms with E-state index in [1.54, 1.807) is 33.3 Å². The lowest BCUT2D eigenvalue weighted by atomic mass is 9.90. The van der Waals surface area contributed by atoms with Crippen molar-refractivity contribution in [1.82, 2.24) is 4.90 Å². The van der Waals surface area contributed by atoms with Crippen LogP contribution in [0.1, 0.15) is 49.3 Å². The highest BCUT2D eigenvalue weighted by molar-refractivity contribution is 5.84. The van der Waals surface area contributed by atoms with Crippen molar-refractivity contribution in [2.24, 2.45) is 5.92 Å². The van der Waals surface area contributed by atoms with Crippen molar-refractivity contribution in [3.05, 3.63) is 53.6 Å². The molecule has 2 aromatic rings. The predicted molar refractivity (Wildman–Crippen MR) is 120 cm³/mol. The summed E-state index contributed by atoms with van der Waals surface area (Å²) in [5, 5.41) is 10.8. The largest absolute Gasteiger partial charge is 0.493 e. The quantitative estimate of drug-likeness (QED) is 0.616. The van der Waals surface area contributed by atoms with Crippen LogP contribution >= 0.6 is 0 Å². The lowest BCUT2D eigenvalue weighted by molar-refractivity contribution is -0.135. The minimum absolute atomic E-state index is 0.0244. The summed E-state index contributed by atoms with van der Waals surface area (Å²) in [7, 11) is 6.47. The van der Waals surface area contributed by atoms with Crippen molar-refractivity contribution >= 4 is 5.91 Å². The maximum atomic E-state index is 13.6. The molecule has 1 aliphatic rings. The minimum Gasteiger partial charge on any atom is -0.493 e. The topological polar surface area (TPSA) is 68.2 Å². The Morgan fingerprint density at radius 3 is 2.10 bits per heavy atom. The number of ether oxygens (including phenoxy) is 3. The zero-order valence-corrected chi connectivity index (χ0v) is 19.0. The first kappa shape index (κ1) is 22.9. The average Bonchev–Trinajstić information content (AvgIpc) is 3.64. The van der Waals surface area contributed by atoms with E-state index in [2.05, 4.69) is 0 Å². The molecule has 1 N–H and O–H groups in total. The first-order valence-corrected chi connectivity index (χ1v) is 10.7. The molecule has 1 amide bonds. The molecule has 6 nitrogen and oxygen atoms in total. The third-order valence-electron chi connectivity index (χ3n) is 6.21. The van der Waals surface area contributed by atoms with E-state index in [0.29, 0.717) is 23.2 Å². The molecule has 3 rings (SSSR count). The molecule has 0 aliphatic heterocycles. The van der Waals surface area contributed by atoms with Crippen LogP contribution in [0.25, 0.3) is 0 Å². The van der Waals surface area contributed by atoms with Crippen LogP contribution in [0.3, 0.4) is 0 Å². The van der Waals surface area contributed by atoms with Crippen molar-refractivity contribution in [2.75, 3.05) is 28.4 Å². The van der Waals surface area contributed by atoms with Crippen LogP contribution in [0, 0.1) is 5.92 Å². The Balaban J connectivity index is 1.90. The molecule has 2 aromatic carbocycles. The van der Waals surface area contributed by atoms with E-state index >= 15 is 0 Å². The standard InChI is InChI=1S/C25H33NO5/c1-16(23(27)18-9-7-6-8-10-18)26(2)25(28)20(13-17-11-12-17)19-14-21(29-3)24(31-5)22(15-19)30-4/h6-10,14-17,20,23,27H,11-13H2,1-5H3/t16-,20-,23+/m0/s1. The van der Waals surface area contributed by atoms with Gasteiger partial charge in [-0.05, 0) is 42.5 Å². The fourth-order valence-electron chi connectivity index (χ4n) is 3.96. The van der Waals surface area contributed by atoms with Gasteiger partial charge in [-0.2, -0.15) is 0 Å². The molecule has 3 atom stereocenters. The fourth-order valence-corrected chi connectivity index (χ4v) is 3.96. The van der Waals surface area contributed by atoms with Crippen LogP contribution in [0.2, 0.25) is 0 Å². The van der Waals surface area contributed by atoms with Crippen LogP contribution in [-0.4, -0.2) is 50.3 Å². The summed E-state index contributed by atoms with van der Waals surface area (Å²) in [5.41, 5.74) is 1.63. The van der Waals surface area contributed by atoms with Gasteiger partial charge in [0.1, 0.15) is 0 Å². The Morgan fingerprint density at radius 1 is 1.03 bits per heavy atom. The Bertz CT molecular complexity index is 856. The fraction of sp³-hybridized carbons (Fsp3) is 0.480. The Kier molecular flexibility index (Phi) is 7.44. The van der Waals surface area contributed by atoms with Crippen LogP contribution in [0.5, 0.6) is 17.2 Å². The second kappa shape index (κ2) is 10.1. The Hall–Kier alpha value is -2.73. The number of hydrogen-bond acceptors (Lipinski definition) is 5. The second-order valence-electron chi connectivity index (χ2n) is 8.24. The normalized spacial score (nSPS) is 16.2. The molecule has 0 radical (unpaired) electrons. The van der Waals surface area contributed by atoms with Crippen LogP contribution < -0.4 is 14.2 Å². The van der Waals surface area contributed by atoms with Crippen molar-refractivity contribution in [2.45, 2.75) is 44.2 Å². The zero-order chi connectivity index (χ0) is 22.5. The van der Waals surface area contributed by atoms with Crippen LogP contribution in [0.4, 0.5) is 0 Å². The van der Waals surface area contributed by atoms with Crippen LogP contribution in [-0.2, 0) is 4.79 Å². The maximum Gasteiger partial charge on any atom is 0.230 e. The van der Waals surface area contributed by atoms with Gasteiger partial charge in [-0.15, -0.1) is 0 Å². The van der Waals surface area contributed by atoms with Gasteiger partial charge in [0.2, 0.25) is 11.7 Å². The Morgan fingerprint density at radius 2 is 1.61 bits per heavy atom. The number of benzene rings is 2. The zero-order valence-electron chi connectivity index (χ0n) is 19.0. The van der Waals surface area contributed by atoms with Gasteiger partial charge in [0.05, 0.1) is 39.4 Å². The van der Waals surface area contributed by atoms with Gasteiger partial charge in [0.25, 0.3) is 0 Å². The molecule has 6 heteroatoms. The summed E-state index contributed by atoms with van der Waals surface area (Å²) in [6.45, 7) is 1.87. The predicted octanol–water partition coefficient (Wildman–Crippen LogP) is 4.18. The number of nitrogens with zero attached hydrogens (tertiary/aromatic N) is 1. The van der Waals surface area contributed by atoms with E-state index in [0.717, 1.165) is 30.4 Å². The summed E-state index contributed by atoms with van der Waals surface area (Å²) in [6.07, 6.45) is 2.27. The smallest absolute Gasteiger partial charge is 0.230 e. The van der Waals surface area contributed by atoms with Crippen LogP contribution in [0.15, 0.2) is 42.5 Å². The summed E-state index contributed by atoms with van der Waals surface area (Å²) in [4.78, 5) is 15.3. The number of aliphatic hydroxyl groups is 1. The van der Waals surface area contributed by atoms with E-state index in [-0.39, 0.29) is 17.9 Å². The number of carbonyl (C=O) groups excluding carboxylic acids is 1. The number of aliphatic hydroxyl groups excluding tert-OH is 1. The lowest BCUT2D eigenvalue weighted by Gasteiger charge is -2.32. The third kappa shape index (κ3) is 5.13. The number of amides is 1. The number of methoxy groups -OCH3 is 3. The molecule has 0 heterocycles. The van der Waals surface area contributed by atoms with E-state index in [1.807, 2.05) is 49.4 Å². The minimum atomic E-state index is -0.767. The first-order valence-electron chi connectivity index (χ1n) is 10.7. The molecule has 0 unspecified atom stereocenters. The number of hydrogen-bond donors (Lipinski definition) is 1. The average molecular weight is 428 g/mol. The summed E-state index contributed by atoms with van der Waals surface area (Å²) in [5.74, 6) is 1.74. The summed E-state index contributed by atoms with van der Waals surface area (Å²) in [6, 6.07) is 12.8. The molecular weight excluding hydrogens is 394 g/mol. The molecule has 0 saturated heterocycles. The molecular formula is C25H33NO5. The van der Waals surface area contributed by atoms with Gasteiger partial charge in [-0.3, -0.25) is 4.79 Å². The molecule has 168 valence electrons. The third-order valence-corrected chi connectivity index (χ3v) is 6.21. The maximum absolute atomic E-state index is 13.6.